The Morgan fingerprint density at radius 2 is 2.15 bits per heavy atom. The van der Waals surface area contributed by atoms with Crippen LogP contribution in [0.3, 0.4) is 0 Å². The van der Waals surface area contributed by atoms with Gasteiger partial charge >= 0.3 is 0 Å². The van der Waals surface area contributed by atoms with Crippen LogP contribution in [0.2, 0.25) is 0 Å². The maximum absolute atomic E-state index is 11.8. The molecule has 4 heteroatoms. The van der Waals surface area contributed by atoms with E-state index in [2.05, 4.69) is 16.7 Å². The molecule has 20 heavy (non-hydrogen) atoms. The summed E-state index contributed by atoms with van der Waals surface area (Å²) in [4.78, 5) is 11.8. The Hall–Kier alpha value is -1.81. The molecule has 0 aromatic heterocycles. The molecule has 1 heterocycles. The van der Waals surface area contributed by atoms with Crippen LogP contribution < -0.4 is 15.4 Å². The van der Waals surface area contributed by atoms with Crippen LogP contribution in [-0.4, -0.2) is 32.7 Å². The minimum absolute atomic E-state index is 0.111. The number of carbonyl (C=O) groups excluding carboxylic acids is 1. The van der Waals surface area contributed by atoms with Crippen LogP contribution in [0.4, 0.5) is 0 Å². The molecule has 1 aromatic carbocycles. The summed E-state index contributed by atoms with van der Waals surface area (Å²) in [6.07, 6.45) is 4.47. The molecule has 0 aliphatic carbocycles. The SMILES string of the molecule is COc1ccc(CCC(=O)NCC2=CCNCC2)cc1. The van der Waals surface area contributed by atoms with E-state index in [1.54, 1.807) is 7.11 Å². The van der Waals surface area contributed by atoms with E-state index in [-0.39, 0.29) is 5.91 Å². The molecule has 2 rings (SSSR count). The monoisotopic (exact) mass is 274 g/mol. The maximum atomic E-state index is 11.8. The second-order valence-electron chi connectivity index (χ2n) is 4.94. The van der Waals surface area contributed by atoms with Crippen molar-refractivity contribution in [2.24, 2.45) is 0 Å². The molecule has 0 unspecified atom stereocenters. The van der Waals surface area contributed by atoms with Gasteiger partial charge in [-0.3, -0.25) is 4.79 Å². The summed E-state index contributed by atoms with van der Waals surface area (Å²) in [7, 11) is 1.65. The number of aryl methyl sites for hydroxylation is 1. The third-order valence-corrected chi connectivity index (χ3v) is 3.47. The third-order valence-electron chi connectivity index (χ3n) is 3.47. The fourth-order valence-corrected chi connectivity index (χ4v) is 2.18. The summed E-state index contributed by atoms with van der Waals surface area (Å²) in [6, 6.07) is 7.85. The molecule has 0 saturated heterocycles. The number of nitrogens with one attached hydrogen (secondary N) is 2. The van der Waals surface area contributed by atoms with Crippen LogP contribution in [0.25, 0.3) is 0 Å². The van der Waals surface area contributed by atoms with Crippen molar-refractivity contribution in [1.29, 1.82) is 0 Å². The molecule has 0 spiro atoms. The zero-order valence-corrected chi connectivity index (χ0v) is 11.9. The molecule has 2 N–H and O–H groups in total. The molecule has 0 bridgehead atoms. The van der Waals surface area contributed by atoms with Gasteiger partial charge in [0.05, 0.1) is 7.11 Å². The predicted molar refractivity (Wildman–Crippen MR) is 79.9 cm³/mol. The number of hydrogen-bond acceptors (Lipinski definition) is 3. The Labute approximate surface area is 120 Å². The number of rotatable bonds is 6. The molecule has 1 aliphatic rings. The fourth-order valence-electron chi connectivity index (χ4n) is 2.18. The summed E-state index contributed by atoms with van der Waals surface area (Å²) in [5, 5.41) is 6.24. The summed E-state index contributed by atoms with van der Waals surface area (Å²) < 4.78 is 5.11. The van der Waals surface area contributed by atoms with E-state index in [0.717, 1.165) is 37.2 Å². The van der Waals surface area contributed by atoms with Crippen LogP contribution in [0.15, 0.2) is 35.9 Å². The van der Waals surface area contributed by atoms with Gasteiger partial charge in [-0.05, 0) is 37.1 Å². The lowest BCUT2D eigenvalue weighted by Gasteiger charge is -2.14. The van der Waals surface area contributed by atoms with E-state index < -0.39 is 0 Å². The normalized spacial score (nSPS) is 14.6. The molecule has 4 nitrogen and oxygen atoms in total. The first-order chi connectivity index (χ1) is 9.78. The van der Waals surface area contributed by atoms with E-state index in [1.807, 2.05) is 24.3 Å². The second-order valence-corrected chi connectivity index (χ2v) is 4.94. The smallest absolute Gasteiger partial charge is 0.220 e. The standard InChI is InChI=1S/C16H22N2O2/c1-20-15-5-2-13(3-6-15)4-7-16(19)18-12-14-8-10-17-11-9-14/h2-3,5-6,8,17H,4,7,9-12H2,1H3,(H,18,19). The van der Waals surface area contributed by atoms with Crippen molar-refractivity contribution < 1.29 is 9.53 Å². The fraction of sp³-hybridized carbons (Fsp3) is 0.438. The third kappa shape index (κ3) is 4.70. The van der Waals surface area contributed by atoms with Crippen molar-refractivity contribution in [1.82, 2.24) is 10.6 Å². The summed E-state index contributed by atoms with van der Waals surface area (Å²) >= 11 is 0. The van der Waals surface area contributed by atoms with Crippen LogP contribution in [0.5, 0.6) is 5.75 Å². The molecule has 0 radical (unpaired) electrons. The minimum atomic E-state index is 0.111. The average Bonchev–Trinajstić information content (AvgIpc) is 2.52. The van der Waals surface area contributed by atoms with Crippen LogP contribution in [0.1, 0.15) is 18.4 Å². The van der Waals surface area contributed by atoms with E-state index in [1.165, 1.54) is 5.57 Å². The first kappa shape index (κ1) is 14.6. The van der Waals surface area contributed by atoms with Crippen LogP contribution in [0, 0.1) is 0 Å². The van der Waals surface area contributed by atoms with E-state index in [0.29, 0.717) is 13.0 Å². The molecule has 1 amide bonds. The van der Waals surface area contributed by atoms with Crippen molar-refractivity contribution >= 4 is 5.91 Å². The van der Waals surface area contributed by atoms with E-state index >= 15 is 0 Å². The van der Waals surface area contributed by atoms with Gasteiger partial charge in [0.15, 0.2) is 0 Å². The molecule has 0 saturated carbocycles. The van der Waals surface area contributed by atoms with Gasteiger partial charge in [0.2, 0.25) is 5.91 Å². The van der Waals surface area contributed by atoms with Gasteiger partial charge in [-0.1, -0.05) is 23.8 Å². The quantitative estimate of drug-likeness (QED) is 0.776. The summed E-state index contributed by atoms with van der Waals surface area (Å²) in [6.45, 7) is 2.60. The molecule has 0 fully saturated rings. The topological polar surface area (TPSA) is 50.4 Å². The zero-order chi connectivity index (χ0) is 14.2. The molecule has 0 atom stereocenters. The summed E-state index contributed by atoms with van der Waals surface area (Å²) in [5.41, 5.74) is 2.48. The predicted octanol–water partition coefficient (Wildman–Crippen LogP) is 1.66. The number of methoxy groups -OCH3 is 1. The van der Waals surface area contributed by atoms with Crippen LogP contribution >= 0.6 is 0 Å². The minimum Gasteiger partial charge on any atom is -0.497 e. The lowest BCUT2D eigenvalue weighted by Crippen LogP contribution is -2.29. The van der Waals surface area contributed by atoms with E-state index in [4.69, 9.17) is 4.74 Å². The molecule has 1 aromatic rings. The first-order valence-corrected chi connectivity index (χ1v) is 7.06. The number of carbonyl (C=O) groups is 1. The van der Waals surface area contributed by atoms with Crippen molar-refractivity contribution in [2.75, 3.05) is 26.7 Å². The number of hydrogen-bond donors (Lipinski definition) is 2. The lowest BCUT2D eigenvalue weighted by atomic mass is 10.1. The second kappa shape index (κ2) is 7.70. The highest BCUT2D eigenvalue weighted by Gasteiger charge is 2.06. The zero-order valence-electron chi connectivity index (χ0n) is 11.9. The largest absolute Gasteiger partial charge is 0.497 e. The Morgan fingerprint density at radius 1 is 1.35 bits per heavy atom. The van der Waals surface area contributed by atoms with Crippen molar-refractivity contribution in [3.05, 3.63) is 41.5 Å². The Morgan fingerprint density at radius 3 is 2.80 bits per heavy atom. The van der Waals surface area contributed by atoms with Gasteiger partial charge in [0, 0.05) is 19.5 Å². The van der Waals surface area contributed by atoms with Gasteiger partial charge in [0.25, 0.3) is 0 Å². The first-order valence-electron chi connectivity index (χ1n) is 7.06. The van der Waals surface area contributed by atoms with E-state index in [9.17, 15) is 4.79 Å². The highest BCUT2D eigenvalue weighted by Crippen LogP contribution is 2.12. The van der Waals surface area contributed by atoms with Gasteiger partial charge in [-0.25, -0.2) is 0 Å². The molecule has 1 aliphatic heterocycles. The highest BCUT2D eigenvalue weighted by molar-refractivity contribution is 5.76. The van der Waals surface area contributed by atoms with Gasteiger partial charge in [-0.15, -0.1) is 0 Å². The maximum Gasteiger partial charge on any atom is 0.220 e. The summed E-state index contributed by atoms with van der Waals surface area (Å²) in [5.74, 6) is 0.955. The average molecular weight is 274 g/mol. The van der Waals surface area contributed by atoms with Crippen molar-refractivity contribution in [2.45, 2.75) is 19.3 Å². The number of benzene rings is 1. The highest BCUT2D eigenvalue weighted by atomic mass is 16.5. The van der Waals surface area contributed by atoms with Gasteiger partial charge in [0.1, 0.15) is 5.75 Å². The molecular formula is C16H22N2O2. The Balaban J connectivity index is 1.70. The Bertz CT molecular complexity index is 466. The van der Waals surface area contributed by atoms with Crippen molar-refractivity contribution in [3.8, 4) is 5.75 Å². The van der Waals surface area contributed by atoms with Crippen molar-refractivity contribution in [3.63, 3.8) is 0 Å². The molecule has 108 valence electrons. The molecular weight excluding hydrogens is 252 g/mol. The van der Waals surface area contributed by atoms with Gasteiger partial charge in [-0.2, -0.15) is 0 Å². The van der Waals surface area contributed by atoms with Crippen LogP contribution in [-0.2, 0) is 11.2 Å². The van der Waals surface area contributed by atoms with Gasteiger partial charge < -0.3 is 15.4 Å². The number of amides is 1. The number of ether oxygens (including phenoxy) is 1. The Kier molecular flexibility index (Phi) is 5.62. The lowest BCUT2D eigenvalue weighted by molar-refractivity contribution is -0.120.